The summed E-state index contributed by atoms with van der Waals surface area (Å²) in [6, 6.07) is 15.1. The molecule has 10 heteroatoms. The minimum Gasteiger partial charge on any atom is -0.472 e. The minimum absolute atomic E-state index is 0.0685. The number of amides is 1. The Labute approximate surface area is 203 Å². The van der Waals surface area contributed by atoms with Gasteiger partial charge in [-0.25, -0.2) is 4.98 Å². The molecule has 3 aromatic rings. The number of anilines is 3. The van der Waals surface area contributed by atoms with Crippen LogP contribution in [0.3, 0.4) is 0 Å². The molecule has 1 saturated heterocycles. The van der Waals surface area contributed by atoms with Crippen molar-refractivity contribution in [3.8, 4) is 5.88 Å². The van der Waals surface area contributed by atoms with Crippen LogP contribution in [0.2, 0.25) is 0 Å². The van der Waals surface area contributed by atoms with E-state index in [4.69, 9.17) is 21.2 Å². The van der Waals surface area contributed by atoms with E-state index in [1.807, 2.05) is 48.5 Å². The zero-order valence-corrected chi connectivity index (χ0v) is 19.9. The van der Waals surface area contributed by atoms with Gasteiger partial charge in [0, 0.05) is 42.4 Å². The third-order valence-corrected chi connectivity index (χ3v) is 6.34. The summed E-state index contributed by atoms with van der Waals surface area (Å²) in [6.07, 6.45) is 1.80. The Hall–Kier alpha value is -3.34. The van der Waals surface area contributed by atoms with Crippen LogP contribution in [-0.4, -0.2) is 60.5 Å². The Morgan fingerprint density at radius 1 is 1.15 bits per heavy atom. The molecule has 9 nitrogen and oxygen atoms in total. The first-order valence-corrected chi connectivity index (χ1v) is 11.9. The SMILES string of the molecule is CN1CCN(c2ncc(Sc3cccc(NC(=O)CN)c3)c(OCc3cccc(N)c3)n2)CC1. The summed E-state index contributed by atoms with van der Waals surface area (Å²) in [6.45, 7) is 3.91. The number of likely N-dealkylation sites (N-methyl/N-ethyl adjacent to an activating group) is 1. The largest absolute Gasteiger partial charge is 0.472 e. The van der Waals surface area contributed by atoms with Gasteiger partial charge in [-0.1, -0.05) is 30.0 Å². The first-order chi connectivity index (χ1) is 16.5. The lowest BCUT2D eigenvalue weighted by atomic mass is 10.2. The minimum atomic E-state index is -0.242. The van der Waals surface area contributed by atoms with E-state index in [2.05, 4.69) is 27.1 Å². The number of carbonyl (C=O) groups excluding carboxylic acids is 1. The predicted octanol–water partition coefficient (Wildman–Crippen LogP) is 2.44. The normalized spacial score (nSPS) is 14.1. The van der Waals surface area contributed by atoms with Gasteiger partial charge in [-0.05, 0) is 42.9 Å². The topological polar surface area (TPSA) is 123 Å². The number of carbonyl (C=O) groups is 1. The molecule has 0 atom stereocenters. The van der Waals surface area contributed by atoms with Gasteiger partial charge in [0.1, 0.15) is 6.61 Å². The van der Waals surface area contributed by atoms with Crippen LogP contribution in [0.4, 0.5) is 17.3 Å². The maximum absolute atomic E-state index is 11.7. The summed E-state index contributed by atoms with van der Waals surface area (Å²) in [5, 5.41) is 2.78. The first kappa shape index (κ1) is 23.8. The zero-order valence-electron chi connectivity index (χ0n) is 19.1. The molecule has 4 rings (SSSR count). The Balaban J connectivity index is 1.57. The molecule has 1 aliphatic rings. The average Bonchev–Trinajstić information content (AvgIpc) is 2.84. The molecule has 1 aromatic heterocycles. The second kappa shape index (κ2) is 11.2. The van der Waals surface area contributed by atoms with Crippen LogP contribution in [-0.2, 0) is 11.4 Å². The van der Waals surface area contributed by atoms with Crippen LogP contribution >= 0.6 is 11.8 Å². The third kappa shape index (κ3) is 6.37. The van der Waals surface area contributed by atoms with Crippen molar-refractivity contribution in [2.75, 3.05) is 55.7 Å². The molecule has 0 unspecified atom stereocenters. The van der Waals surface area contributed by atoms with Gasteiger partial charge in [0.25, 0.3) is 0 Å². The molecule has 0 saturated carbocycles. The van der Waals surface area contributed by atoms with E-state index in [1.165, 1.54) is 11.8 Å². The van der Waals surface area contributed by atoms with Gasteiger partial charge in [-0.15, -0.1) is 0 Å². The number of benzene rings is 2. The van der Waals surface area contributed by atoms with E-state index in [0.29, 0.717) is 29.8 Å². The van der Waals surface area contributed by atoms with Crippen molar-refractivity contribution < 1.29 is 9.53 Å². The monoisotopic (exact) mass is 479 g/mol. The highest BCUT2D eigenvalue weighted by atomic mass is 32.2. The fraction of sp³-hybridized carbons (Fsp3) is 0.292. The van der Waals surface area contributed by atoms with Crippen LogP contribution in [0.25, 0.3) is 0 Å². The van der Waals surface area contributed by atoms with Crippen LogP contribution in [0.15, 0.2) is 64.5 Å². The van der Waals surface area contributed by atoms with Crippen LogP contribution in [0.1, 0.15) is 5.56 Å². The van der Waals surface area contributed by atoms with E-state index in [0.717, 1.165) is 41.5 Å². The lowest BCUT2D eigenvalue weighted by Gasteiger charge is -2.32. The van der Waals surface area contributed by atoms with Crippen LogP contribution in [0, 0.1) is 0 Å². The van der Waals surface area contributed by atoms with Crippen molar-refractivity contribution in [1.29, 1.82) is 0 Å². The second-order valence-corrected chi connectivity index (χ2v) is 9.16. The highest BCUT2D eigenvalue weighted by Crippen LogP contribution is 2.35. The van der Waals surface area contributed by atoms with Gasteiger partial charge in [-0.3, -0.25) is 4.79 Å². The number of ether oxygens (including phenoxy) is 1. The highest BCUT2D eigenvalue weighted by molar-refractivity contribution is 7.99. The van der Waals surface area contributed by atoms with E-state index in [1.54, 1.807) is 6.20 Å². The van der Waals surface area contributed by atoms with Crippen molar-refractivity contribution in [2.45, 2.75) is 16.4 Å². The van der Waals surface area contributed by atoms with Crippen LogP contribution in [0.5, 0.6) is 5.88 Å². The van der Waals surface area contributed by atoms with E-state index >= 15 is 0 Å². The Kier molecular flexibility index (Phi) is 7.84. The number of aromatic nitrogens is 2. The molecule has 34 heavy (non-hydrogen) atoms. The molecule has 1 fully saturated rings. The van der Waals surface area contributed by atoms with Gasteiger partial charge in [0.05, 0.1) is 17.6 Å². The maximum Gasteiger partial charge on any atom is 0.238 e. The number of nitrogens with zero attached hydrogens (tertiary/aromatic N) is 4. The van der Waals surface area contributed by atoms with E-state index in [9.17, 15) is 4.79 Å². The van der Waals surface area contributed by atoms with Crippen molar-refractivity contribution in [3.05, 3.63) is 60.3 Å². The Morgan fingerprint density at radius 2 is 1.94 bits per heavy atom. The fourth-order valence-corrected chi connectivity index (χ4v) is 4.37. The Morgan fingerprint density at radius 3 is 2.71 bits per heavy atom. The molecule has 0 bridgehead atoms. The van der Waals surface area contributed by atoms with Gasteiger partial charge >= 0.3 is 0 Å². The summed E-state index contributed by atoms with van der Waals surface area (Å²) in [7, 11) is 2.11. The van der Waals surface area contributed by atoms with Crippen molar-refractivity contribution in [3.63, 3.8) is 0 Å². The van der Waals surface area contributed by atoms with Crippen molar-refractivity contribution in [1.82, 2.24) is 14.9 Å². The number of hydrogen-bond acceptors (Lipinski definition) is 9. The lowest BCUT2D eigenvalue weighted by Crippen LogP contribution is -2.45. The summed E-state index contributed by atoms with van der Waals surface area (Å²) >= 11 is 1.47. The highest BCUT2D eigenvalue weighted by Gasteiger charge is 2.19. The summed E-state index contributed by atoms with van der Waals surface area (Å²) in [5.74, 6) is 0.921. The quantitative estimate of drug-likeness (QED) is 0.418. The molecule has 5 N–H and O–H groups in total. The standard InChI is InChI=1S/C24H29N7O2S/c1-30-8-10-31(11-9-30)24-27-15-21(23(29-24)33-16-17-4-2-5-18(26)12-17)34-20-7-3-6-19(13-20)28-22(32)14-25/h2-7,12-13,15H,8-11,14,16,25-26H2,1H3,(H,28,32). The molecule has 2 aromatic carbocycles. The van der Waals surface area contributed by atoms with Crippen molar-refractivity contribution >= 4 is 35.0 Å². The van der Waals surface area contributed by atoms with Gasteiger partial charge in [0.2, 0.25) is 17.7 Å². The summed E-state index contributed by atoms with van der Waals surface area (Å²) in [4.78, 5) is 27.2. The molecule has 2 heterocycles. The summed E-state index contributed by atoms with van der Waals surface area (Å²) in [5.41, 5.74) is 13.7. The fourth-order valence-electron chi connectivity index (χ4n) is 3.49. The van der Waals surface area contributed by atoms with E-state index in [-0.39, 0.29) is 12.5 Å². The van der Waals surface area contributed by atoms with Gasteiger partial charge in [-0.2, -0.15) is 4.98 Å². The molecular formula is C24H29N7O2S. The number of nitrogens with two attached hydrogens (primary N) is 2. The van der Waals surface area contributed by atoms with Crippen LogP contribution < -0.4 is 26.4 Å². The maximum atomic E-state index is 11.7. The van der Waals surface area contributed by atoms with E-state index < -0.39 is 0 Å². The lowest BCUT2D eigenvalue weighted by molar-refractivity contribution is -0.114. The first-order valence-electron chi connectivity index (χ1n) is 11.1. The van der Waals surface area contributed by atoms with Crippen molar-refractivity contribution in [2.24, 2.45) is 5.73 Å². The third-order valence-electron chi connectivity index (χ3n) is 5.35. The molecule has 0 radical (unpaired) electrons. The molecule has 1 aliphatic heterocycles. The van der Waals surface area contributed by atoms with Gasteiger partial charge in [0.15, 0.2) is 0 Å². The second-order valence-electron chi connectivity index (χ2n) is 8.05. The number of hydrogen-bond donors (Lipinski definition) is 3. The number of piperazine rings is 1. The average molecular weight is 480 g/mol. The molecule has 0 spiro atoms. The molecule has 0 aliphatic carbocycles. The smallest absolute Gasteiger partial charge is 0.238 e. The van der Waals surface area contributed by atoms with Gasteiger partial charge < -0.3 is 31.3 Å². The molecule has 1 amide bonds. The summed E-state index contributed by atoms with van der Waals surface area (Å²) < 4.78 is 6.16. The molecular weight excluding hydrogens is 450 g/mol. The zero-order chi connectivity index (χ0) is 23.9. The predicted molar refractivity (Wildman–Crippen MR) is 135 cm³/mol. The Bertz CT molecular complexity index is 1140. The number of rotatable bonds is 8. The number of nitrogen functional groups attached to an aromatic ring is 1. The molecule has 178 valence electrons. The number of nitrogens with one attached hydrogen (secondary N) is 1.